The van der Waals surface area contributed by atoms with Crippen molar-refractivity contribution >= 4 is 27.4 Å². The Morgan fingerprint density at radius 3 is 2.84 bits per heavy atom. The molecule has 0 spiro atoms. The van der Waals surface area contributed by atoms with Gasteiger partial charge in [0.1, 0.15) is 11.2 Å². The molecule has 0 radical (unpaired) electrons. The second-order valence-electron chi connectivity index (χ2n) is 5.90. The molecule has 0 aromatic rings. The van der Waals surface area contributed by atoms with Crippen molar-refractivity contribution in [2.24, 2.45) is 11.8 Å². The van der Waals surface area contributed by atoms with Crippen molar-refractivity contribution in [3.63, 3.8) is 0 Å². The summed E-state index contributed by atoms with van der Waals surface area (Å²) in [6.45, 7) is 3.58. The highest BCUT2D eigenvalue weighted by atomic mass is 32.2. The second-order valence-corrected chi connectivity index (χ2v) is 9.25. The fourth-order valence-corrected chi connectivity index (χ4v) is 5.96. The number of nitrogens with zero attached hydrogens (tertiary/aromatic N) is 1. The Morgan fingerprint density at radius 1 is 1.42 bits per heavy atom. The predicted octanol–water partition coefficient (Wildman–Crippen LogP) is 1.41. The summed E-state index contributed by atoms with van der Waals surface area (Å²) < 4.78 is 23.7. The summed E-state index contributed by atoms with van der Waals surface area (Å²) in [5.41, 5.74) is 0. The van der Waals surface area contributed by atoms with Crippen LogP contribution in [0, 0.1) is 11.8 Å². The Morgan fingerprint density at radius 2 is 2.16 bits per heavy atom. The molecule has 1 aliphatic heterocycles. The quantitative estimate of drug-likeness (QED) is 0.789. The van der Waals surface area contributed by atoms with Crippen LogP contribution >= 0.6 is 11.8 Å². The monoisotopic (exact) mass is 305 g/mol. The van der Waals surface area contributed by atoms with Crippen LogP contribution < -0.4 is 0 Å². The van der Waals surface area contributed by atoms with Gasteiger partial charge in [-0.1, -0.05) is 6.92 Å². The third-order valence-electron chi connectivity index (χ3n) is 4.17. The van der Waals surface area contributed by atoms with Crippen LogP contribution in [-0.2, 0) is 14.6 Å². The Bertz CT molecular complexity index is 435. The first-order valence-corrected chi connectivity index (χ1v) is 10.0. The van der Waals surface area contributed by atoms with Crippen LogP contribution in [0.15, 0.2) is 0 Å². The molecular weight excluding hydrogens is 282 g/mol. The maximum Gasteiger partial charge on any atom is 0.164 e. The van der Waals surface area contributed by atoms with Gasteiger partial charge >= 0.3 is 0 Å². The van der Waals surface area contributed by atoms with Crippen LogP contribution in [0.4, 0.5) is 0 Å². The van der Waals surface area contributed by atoms with Gasteiger partial charge in [0.05, 0.1) is 0 Å². The topological polar surface area (TPSA) is 54.5 Å². The lowest BCUT2D eigenvalue weighted by atomic mass is 9.81. The Hall–Kier alpha value is -0.0700. The number of Topliss-reactive ketones (excluding diaryl/α,β-unsaturated/α-hetero) is 1. The van der Waals surface area contributed by atoms with Crippen LogP contribution in [0.1, 0.15) is 26.2 Å². The largest absolute Gasteiger partial charge is 0.299 e. The van der Waals surface area contributed by atoms with Crippen molar-refractivity contribution < 1.29 is 13.2 Å². The van der Waals surface area contributed by atoms with Crippen molar-refractivity contribution in [1.29, 1.82) is 0 Å². The molecule has 0 bridgehead atoms. The molecule has 1 heterocycles. The Kier molecular flexibility index (Phi) is 4.95. The lowest BCUT2D eigenvalue weighted by Crippen LogP contribution is -2.50. The van der Waals surface area contributed by atoms with Gasteiger partial charge in [0, 0.05) is 43.2 Å². The average Bonchev–Trinajstić information content (AvgIpc) is 2.33. The number of rotatable bonds is 3. The molecule has 0 amide bonds. The third-order valence-corrected chi connectivity index (χ3v) is 6.85. The van der Waals surface area contributed by atoms with Crippen molar-refractivity contribution in [1.82, 2.24) is 4.90 Å². The summed E-state index contributed by atoms with van der Waals surface area (Å²) in [6.07, 6.45) is 3.87. The SMILES string of the molecule is CC1CCC(=O)C(CN2CCSCC2S(C)(=O)=O)C1. The normalized spacial score (nSPS) is 34.4. The molecule has 4 nitrogen and oxygen atoms in total. The van der Waals surface area contributed by atoms with Gasteiger partial charge in [0.15, 0.2) is 9.84 Å². The molecular formula is C13H23NO3S2. The minimum absolute atomic E-state index is 0.0381. The molecule has 2 fully saturated rings. The van der Waals surface area contributed by atoms with Crippen molar-refractivity contribution in [2.45, 2.75) is 31.6 Å². The molecule has 19 heavy (non-hydrogen) atoms. The van der Waals surface area contributed by atoms with E-state index in [1.54, 1.807) is 11.8 Å². The van der Waals surface area contributed by atoms with E-state index in [1.807, 2.05) is 4.90 Å². The number of hydrogen-bond acceptors (Lipinski definition) is 5. The first-order valence-electron chi connectivity index (χ1n) is 6.91. The molecule has 2 aliphatic rings. The first-order chi connectivity index (χ1) is 8.88. The molecule has 2 rings (SSSR count). The third kappa shape index (κ3) is 3.95. The molecule has 1 aliphatic carbocycles. The fraction of sp³-hybridized carbons (Fsp3) is 0.923. The van der Waals surface area contributed by atoms with Crippen molar-refractivity contribution in [2.75, 3.05) is 30.9 Å². The standard InChI is InChI=1S/C13H23NO3S2/c1-10-3-4-12(15)11(7-10)8-14-5-6-18-9-13(14)19(2,16)17/h10-11,13H,3-9H2,1-2H3. The maximum absolute atomic E-state index is 12.0. The molecule has 0 aromatic carbocycles. The van der Waals surface area contributed by atoms with E-state index < -0.39 is 15.2 Å². The molecule has 6 heteroatoms. The van der Waals surface area contributed by atoms with E-state index in [9.17, 15) is 13.2 Å². The van der Waals surface area contributed by atoms with E-state index in [0.29, 0.717) is 30.4 Å². The van der Waals surface area contributed by atoms with Crippen molar-refractivity contribution in [3.05, 3.63) is 0 Å². The van der Waals surface area contributed by atoms with Gasteiger partial charge in [0.25, 0.3) is 0 Å². The van der Waals surface area contributed by atoms with Crippen LogP contribution in [0.2, 0.25) is 0 Å². The Balaban J connectivity index is 2.05. The van der Waals surface area contributed by atoms with E-state index in [2.05, 4.69) is 6.92 Å². The molecule has 3 atom stereocenters. The van der Waals surface area contributed by atoms with E-state index >= 15 is 0 Å². The van der Waals surface area contributed by atoms with Crippen LogP contribution in [0.25, 0.3) is 0 Å². The van der Waals surface area contributed by atoms with Gasteiger partial charge in [0.2, 0.25) is 0 Å². The highest BCUT2D eigenvalue weighted by Crippen LogP contribution is 2.29. The second kappa shape index (κ2) is 6.14. The van der Waals surface area contributed by atoms with Gasteiger partial charge in [-0.05, 0) is 18.8 Å². The fourth-order valence-electron chi connectivity index (χ4n) is 3.01. The highest BCUT2D eigenvalue weighted by Gasteiger charge is 2.35. The van der Waals surface area contributed by atoms with E-state index in [0.717, 1.165) is 25.1 Å². The molecule has 110 valence electrons. The lowest BCUT2D eigenvalue weighted by Gasteiger charge is -2.37. The number of hydrogen-bond donors (Lipinski definition) is 0. The van der Waals surface area contributed by atoms with Gasteiger partial charge in [-0.25, -0.2) is 8.42 Å². The minimum atomic E-state index is -3.06. The molecule has 1 saturated carbocycles. The predicted molar refractivity (Wildman–Crippen MR) is 79.0 cm³/mol. The average molecular weight is 305 g/mol. The molecule has 0 N–H and O–H groups in total. The van der Waals surface area contributed by atoms with Crippen molar-refractivity contribution in [3.8, 4) is 0 Å². The first kappa shape index (κ1) is 15.3. The number of thioether (sulfide) groups is 1. The van der Waals surface area contributed by atoms with E-state index in [4.69, 9.17) is 0 Å². The number of carbonyl (C=O) groups excluding carboxylic acids is 1. The van der Waals surface area contributed by atoms with Crippen LogP contribution in [-0.4, -0.2) is 55.3 Å². The summed E-state index contributed by atoms with van der Waals surface area (Å²) >= 11 is 1.69. The summed E-state index contributed by atoms with van der Waals surface area (Å²) in [6, 6.07) is 0. The highest BCUT2D eigenvalue weighted by molar-refractivity contribution is 8.00. The summed E-state index contributed by atoms with van der Waals surface area (Å²) in [7, 11) is -3.06. The summed E-state index contributed by atoms with van der Waals surface area (Å²) in [5.74, 6) is 2.54. The number of carbonyl (C=O) groups is 1. The van der Waals surface area contributed by atoms with Gasteiger partial charge in [-0.3, -0.25) is 9.69 Å². The smallest absolute Gasteiger partial charge is 0.164 e. The van der Waals surface area contributed by atoms with E-state index in [-0.39, 0.29) is 5.92 Å². The summed E-state index contributed by atoms with van der Waals surface area (Å²) in [5, 5.41) is -0.406. The van der Waals surface area contributed by atoms with Crippen LogP contribution in [0.5, 0.6) is 0 Å². The van der Waals surface area contributed by atoms with Crippen LogP contribution in [0.3, 0.4) is 0 Å². The molecule has 0 aromatic heterocycles. The number of sulfone groups is 1. The zero-order chi connectivity index (χ0) is 14.0. The van der Waals surface area contributed by atoms with Gasteiger partial charge < -0.3 is 0 Å². The lowest BCUT2D eigenvalue weighted by molar-refractivity contribution is -0.126. The minimum Gasteiger partial charge on any atom is -0.299 e. The zero-order valence-corrected chi connectivity index (χ0v) is 13.3. The Labute approximate surface area is 120 Å². The number of ketones is 1. The summed E-state index contributed by atoms with van der Waals surface area (Å²) in [4.78, 5) is 14.0. The maximum atomic E-state index is 12.0. The molecule has 1 saturated heterocycles. The zero-order valence-electron chi connectivity index (χ0n) is 11.7. The molecule has 3 unspecified atom stereocenters. The van der Waals surface area contributed by atoms with Gasteiger partial charge in [-0.2, -0.15) is 11.8 Å². The van der Waals surface area contributed by atoms with Gasteiger partial charge in [-0.15, -0.1) is 0 Å². The van der Waals surface area contributed by atoms with E-state index in [1.165, 1.54) is 6.26 Å².